The largest absolute Gasteiger partial charge is 0.418 e. The summed E-state index contributed by atoms with van der Waals surface area (Å²) in [6.45, 7) is 1.43. The summed E-state index contributed by atoms with van der Waals surface area (Å²) in [6.07, 6.45) is -1.24. The van der Waals surface area contributed by atoms with Gasteiger partial charge < -0.3 is 19.9 Å². The van der Waals surface area contributed by atoms with E-state index in [2.05, 4.69) is 27.4 Å². The van der Waals surface area contributed by atoms with Crippen LogP contribution in [0.1, 0.15) is 23.1 Å². The molecular formula is C20H16ClN3O4. The Hall–Kier alpha value is -3.18. The van der Waals surface area contributed by atoms with E-state index in [4.69, 9.17) is 21.1 Å². The average molecular weight is 398 g/mol. The normalized spacial score (nSPS) is 11.4. The van der Waals surface area contributed by atoms with Crippen molar-refractivity contribution in [3.63, 3.8) is 0 Å². The van der Waals surface area contributed by atoms with Crippen LogP contribution in [0.2, 0.25) is 5.02 Å². The molecule has 28 heavy (non-hydrogen) atoms. The average Bonchev–Trinajstić information content (AvgIpc) is 3.18. The van der Waals surface area contributed by atoms with Gasteiger partial charge in [0.2, 0.25) is 11.8 Å². The number of aliphatic hydroxyl groups excluding tert-OH is 2. The zero-order valence-corrected chi connectivity index (χ0v) is 15.6. The van der Waals surface area contributed by atoms with Crippen molar-refractivity contribution in [2.24, 2.45) is 0 Å². The minimum atomic E-state index is -1.24. The summed E-state index contributed by atoms with van der Waals surface area (Å²) in [7, 11) is 0. The van der Waals surface area contributed by atoms with Gasteiger partial charge in [0.05, 0.1) is 11.6 Å². The van der Waals surface area contributed by atoms with Crippen LogP contribution in [0, 0.1) is 18.8 Å². The molecule has 1 atom stereocenters. The van der Waals surface area contributed by atoms with Gasteiger partial charge in [-0.3, -0.25) is 4.79 Å². The van der Waals surface area contributed by atoms with Crippen molar-refractivity contribution in [1.82, 2.24) is 10.2 Å². The molecule has 3 N–H and O–H groups in total. The van der Waals surface area contributed by atoms with Crippen LogP contribution in [0.15, 0.2) is 46.9 Å². The van der Waals surface area contributed by atoms with Gasteiger partial charge in [0, 0.05) is 22.7 Å². The number of halogens is 1. The predicted molar refractivity (Wildman–Crippen MR) is 103 cm³/mol. The van der Waals surface area contributed by atoms with Crippen molar-refractivity contribution in [1.29, 1.82) is 0 Å². The highest BCUT2D eigenvalue weighted by molar-refractivity contribution is 6.32. The van der Waals surface area contributed by atoms with Gasteiger partial charge in [0.15, 0.2) is 6.10 Å². The van der Waals surface area contributed by atoms with Crippen LogP contribution in [0.25, 0.3) is 11.5 Å². The number of aliphatic hydroxyl groups is 2. The van der Waals surface area contributed by atoms with Crippen LogP contribution in [-0.2, 0) is 4.79 Å². The van der Waals surface area contributed by atoms with Crippen LogP contribution in [-0.4, -0.2) is 32.9 Å². The molecule has 3 aromatic rings. The predicted octanol–water partition coefficient (Wildman–Crippen LogP) is 2.71. The summed E-state index contributed by atoms with van der Waals surface area (Å²) < 4.78 is 5.30. The number of carbonyl (C=O) groups excluding carboxylic acids is 1. The number of amides is 1. The van der Waals surface area contributed by atoms with E-state index in [-0.39, 0.29) is 11.8 Å². The number of aryl methyl sites for hydroxylation is 1. The lowest BCUT2D eigenvalue weighted by molar-refractivity contribution is -0.111. The Morgan fingerprint density at radius 1 is 1.25 bits per heavy atom. The summed E-state index contributed by atoms with van der Waals surface area (Å²) in [5.74, 6) is 4.81. The van der Waals surface area contributed by atoms with Gasteiger partial charge in [0.1, 0.15) is 0 Å². The van der Waals surface area contributed by atoms with Gasteiger partial charge >= 0.3 is 5.91 Å². The van der Waals surface area contributed by atoms with Gasteiger partial charge in [-0.1, -0.05) is 35.2 Å². The molecule has 1 amide bonds. The minimum absolute atomic E-state index is 0.0923. The number of carbonyl (C=O) groups is 1. The third-order valence-corrected chi connectivity index (χ3v) is 4.05. The first kappa shape index (κ1) is 19.6. The molecule has 2 aromatic carbocycles. The molecule has 0 aliphatic carbocycles. The molecular weight excluding hydrogens is 382 g/mol. The Morgan fingerprint density at radius 2 is 2.00 bits per heavy atom. The third kappa shape index (κ3) is 4.75. The number of aromatic nitrogens is 2. The van der Waals surface area contributed by atoms with Crippen molar-refractivity contribution in [2.75, 3.05) is 11.9 Å². The fourth-order valence-corrected chi connectivity index (χ4v) is 2.46. The number of nitrogens with one attached hydrogen (secondary N) is 1. The van der Waals surface area contributed by atoms with Crippen LogP contribution in [0.3, 0.4) is 0 Å². The van der Waals surface area contributed by atoms with E-state index in [1.165, 1.54) is 0 Å². The molecule has 3 rings (SSSR count). The Morgan fingerprint density at radius 3 is 2.68 bits per heavy atom. The van der Waals surface area contributed by atoms with Crippen molar-refractivity contribution < 1.29 is 19.4 Å². The van der Waals surface area contributed by atoms with E-state index in [1.807, 2.05) is 19.1 Å². The summed E-state index contributed by atoms with van der Waals surface area (Å²) in [5, 5.41) is 28.9. The fourth-order valence-electron chi connectivity index (χ4n) is 2.24. The maximum atomic E-state index is 12.0. The molecule has 0 saturated carbocycles. The standard InChI is InChI=1S/C20H16ClN3O4/c1-12-2-7-15(8-3-12)22-18(27)9-6-13-4-5-14(10-16(13)21)19-23-24-20(28-19)17(26)11-25/h2-5,7-8,10,17,25-26H,11H2,1H3,(H,22,27)/t17-/m1/s1. The van der Waals surface area contributed by atoms with Gasteiger partial charge in [-0.2, -0.15) is 0 Å². The molecule has 0 aliphatic heterocycles. The number of nitrogens with zero attached hydrogens (tertiary/aromatic N) is 2. The van der Waals surface area contributed by atoms with E-state index in [0.717, 1.165) is 5.56 Å². The number of benzene rings is 2. The highest BCUT2D eigenvalue weighted by Gasteiger charge is 2.16. The number of hydrogen-bond donors (Lipinski definition) is 3. The Kier molecular flexibility index (Phi) is 6.06. The van der Waals surface area contributed by atoms with E-state index < -0.39 is 18.6 Å². The number of anilines is 1. The zero-order valence-electron chi connectivity index (χ0n) is 14.8. The first-order valence-electron chi connectivity index (χ1n) is 8.28. The Balaban J connectivity index is 1.72. The van der Waals surface area contributed by atoms with Crippen LogP contribution >= 0.6 is 11.6 Å². The first-order chi connectivity index (χ1) is 13.5. The molecule has 0 saturated heterocycles. The van der Waals surface area contributed by atoms with E-state index in [9.17, 15) is 9.90 Å². The minimum Gasteiger partial charge on any atom is -0.418 e. The lowest BCUT2D eigenvalue weighted by Gasteiger charge is -2.01. The second-order valence-electron chi connectivity index (χ2n) is 5.91. The van der Waals surface area contributed by atoms with Gasteiger partial charge in [0.25, 0.3) is 0 Å². The lowest BCUT2D eigenvalue weighted by atomic mass is 10.1. The molecule has 0 aliphatic rings. The van der Waals surface area contributed by atoms with Crippen molar-refractivity contribution >= 4 is 23.2 Å². The van der Waals surface area contributed by atoms with Crippen LogP contribution < -0.4 is 5.32 Å². The molecule has 0 radical (unpaired) electrons. The SMILES string of the molecule is Cc1ccc(NC(=O)C#Cc2ccc(-c3nnc([C@H](O)CO)o3)cc2Cl)cc1. The van der Waals surface area contributed by atoms with Crippen molar-refractivity contribution in [3.8, 4) is 23.3 Å². The fraction of sp³-hybridized carbons (Fsp3) is 0.150. The van der Waals surface area contributed by atoms with E-state index in [1.54, 1.807) is 30.3 Å². The number of rotatable bonds is 4. The van der Waals surface area contributed by atoms with Gasteiger partial charge in [-0.15, -0.1) is 10.2 Å². The highest BCUT2D eigenvalue weighted by Crippen LogP contribution is 2.25. The summed E-state index contributed by atoms with van der Waals surface area (Å²) in [6, 6.07) is 12.2. The molecule has 8 heteroatoms. The maximum absolute atomic E-state index is 12.0. The van der Waals surface area contributed by atoms with Crippen molar-refractivity contribution in [3.05, 3.63) is 64.5 Å². The van der Waals surface area contributed by atoms with Gasteiger partial charge in [-0.05, 0) is 37.3 Å². The summed E-state index contributed by atoms with van der Waals surface area (Å²) in [4.78, 5) is 12.0. The second kappa shape index (κ2) is 8.67. The lowest BCUT2D eigenvalue weighted by Crippen LogP contribution is -2.08. The Bertz CT molecular complexity index is 1050. The molecule has 1 aromatic heterocycles. The smallest absolute Gasteiger partial charge is 0.300 e. The summed E-state index contributed by atoms with van der Waals surface area (Å²) in [5.41, 5.74) is 2.72. The summed E-state index contributed by atoms with van der Waals surface area (Å²) >= 11 is 6.22. The molecule has 0 unspecified atom stereocenters. The highest BCUT2D eigenvalue weighted by atomic mass is 35.5. The van der Waals surface area contributed by atoms with Crippen LogP contribution in [0.5, 0.6) is 0 Å². The zero-order chi connectivity index (χ0) is 20.1. The molecule has 7 nitrogen and oxygen atoms in total. The monoisotopic (exact) mass is 397 g/mol. The van der Waals surface area contributed by atoms with Crippen molar-refractivity contribution in [2.45, 2.75) is 13.0 Å². The molecule has 1 heterocycles. The van der Waals surface area contributed by atoms with Crippen LogP contribution in [0.4, 0.5) is 5.69 Å². The van der Waals surface area contributed by atoms with E-state index >= 15 is 0 Å². The Labute approximate surface area is 166 Å². The molecule has 0 bridgehead atoms. The molecule has 0 fully saturated rings. The topological polar surface area (TPSA) is 108 Å². The first-order valence-corrected chi connectivity index (χ1v) is 8.66. The van der Waals surface area contributed by atoms with Gasteiger partial charge in [-0.25, -0.2) is 0 Å². The van der Waals surface area contributed by atoms with E-state index in [0.29, 0.717) is 21.8 Å². The number of hydrogen-bond acceptors (Lipinski definition) is 6. The third-order valence-electron chi connectivity index (χ3n) is 3.73. The molecule has 0 spiro atoms. The second-order valence-corrected chi connectivity index (χ2v) is 6.32. The maximum Gasteiger partial charge on any atom is 0.300 e. The molecule has 142 valence electrons. The quantitative estimate of drug-likeness (QED) is 0.584.